The van der Waals surface area contributed by atoms with Crippen LogP contribution in [-0.2, 0) is 9.59 Å². The molecule has 0 saturated heterocycles. The Morgan fingerprint density at radius 2 is 1.88 bits per heavy atom. The number of benzene rings is 1. The minimum Gasteiger partial charge on any atom is -0.481 e. The number of halogens is 2. The first-order valence-corrected chi connectivity index (χ1v) is 8.18. The quantitative estimate of drug-likeness (QED) is 0.531. The van der Waals surface area contributed by atoms with E-state index in [2.05, 4.69) is 10.6 Å². The monoisotopic (exact) mass is 387 g/mol. The normalized spacial score (nSPS) is 32.6. The summed E-state index contributed by atoms with van der Waals surface area (Å²) in [5.74, 6) is -4.44. The van der Waals surface area contributed by atoms with Crippen molar-refractivity contribution in [2.24, 2.45) is 23.5 Å². The molecule has 2 amide bonds. The van der Waals surface area contributed by atoms with Crippen molar-refractivity contribution in [1.29, 1.82) is 0 Å². The SMILES string of the molecule is NC1(C(=O)O)CC(NC(=O)Nc2ccc(Cl)c(Cl)c2)C2C(C(=O)O)C21. The third kappa shape index (κ3) is 3.01. The fourth-order valence-corrected chi connectivity index (χ4v) is 4.04. The van der Waals surface area contributed by atoms with Crippen LogP contribution < -0.4 is 16.4 Å². The van der Waals surface area contributed by atoms with E-state index in [0.717, 1.165) is 0 Å². The number of nitrogens with one attached hydrogen (secondary N) is 2. The number of aliphatic carboxylic acids is 2. The first kappa shape index (κ1) is 17.8. The van der Waals surface area contributed by atoms with Crippen LogP contribution in [0.15, 0.2) is 18.2 Å². The number of urea groups is 1. The van der Waals surface area contributed by atoms with Crippen molar-refractivity contribution >= 4 is 46.9 Å². The van der Waals surface area contributed by atoms with Crippen LogP contribution in [0.4, 0.5) is 10.5 Å². The molecular weight excluding hydrogens is 373 g/mol. The molecule has 1 aromatic carbocycles. The van der Waals surface area contributed by atoms with Gasteiger partial charge in [-0.25, -0.2) is 4.79 Å². The average molecular weight is 388 g/mol. The molecule has 8 nitrogen and oxygen atoms in total. The Labute approximate surface area is 152 Å². The maximum atomic E-state index is 12.2. The summed E-state index contributed by atoms with van der Waals surface area (Å²) in [5, 5.41) is 24.3. The highest BCUT2D eigenvalue weighted by atomic mass is 35.5. The molecule has 0 spiro atoms. The molecule has 134 valence electrons. The van der Waals surface area contributed by atoms with E-state index in [-0.39, 0.29) is 11.4 Å². The van der Waals surface area contributed by atoms with E-state index < -0.39 is 47.3 Å². The van der Waals surface area contributed by atoms with Crippen molar-refractivity contribution in [2.75, 3.05) is 5.32 Å². The van der Waals surface area contributed by atoms with Gasteiger partial charge in [0.25, 0.3) is 0 Å². The van der Waals surface area contributed by atoms with Crippen LogP contribution in [0.3, 0.4) is 0 Å². The summed E-state index contributed by atoms with van der Waals surface area (Å²) in [6.45, 7) is 0. The van der Waals surface area contributed by atoms with Gasteiger partial charge in [0.2, 0.25) is 0 Å². The Balaban J connectivity index is 1.70. The van der Waals surface area contributed by atoms with Crippen molar-refractivity contribution in [2.45, 2.75) is 18.0 Å². The number of rotatable bonds is 4. The minimum absolute atomic E-state index is 0.0315. The number of carboxylic acid groups (broad SMARTS) is 2. The third-order valence-electron chi connectivity index (χ3n) is 4.87. The summed E-state index contributed by atoms with van der Waals surface area (Å²) >= 11 is 11.7. The smallest absolute Gasteiger partial charge is 0.324 e. The predicted molar refractivity (Wildman–Crippen MR) is 89.7 cm³/mol. The number of hydrogen-bond acceptors (Lipinski definition) is 4. The topological polar surface area (TPSA) is 142 Å². The first-order chi connectivity index (χ1) is 11.6. The highest BCUT2D eigenvalue weighted by Crippen LogP contribution is 2.61. The Hall–Kier alpha value is -2.03. The van der Waals surface area contributed by atoms with E-state index in [4.69, 9.17) is 28.9 Å². The number of amides is 2. The highest BCUT2D eigenvalue weighted by Gasteiger charge is 2.74. The minimum atomic E-state index is -1.66. The maximum absolute atomic E-state index is 12.2. The van der Waals surface area contributed by atoms with Gasteiger partial charge in [0.15, 0.2) is 0 Å². The van der Waals surface area contributed by atoms with Gasteiger partial charge >= 0.3 is 18.0 Å². The number of nitrogens with two attached hydrogens (primary N) is 1. The van der Waals surface area contributed by atoms with Crippen molar-refractivity contribution in [3.05, 3.63) is 28.2 Å². The van der Waals surface area contributed by atoms with Crippen molar-refractivity contribution in [3.8, 4) is 0 Å². The highest BCUT2D eigenvalue weighted by molar-refractivity contribution is 6.42. The van der Waals surface area contributed by atoms with Crippen LogP contribution in [0.2, 0.25) is 10.0 Å². The number of carbonyl (C=O) groups is 3. The lowest BCUT2D eigenvalue weighted by molar-refractivity contribution is -0.145. The van der Waals surface area contributed by atoms with E-state index in [9.17, 15) is 24.6 Å². The van der Waals surface area contributed by atoms with E-state index in [1.54, 1.807) is 6.07 Å². The van der Waals surface area contributed by atoms with Crippen molar-refractivity contribution in [3.63, 3.8) is 0 Å². The number of anilines is 1. The van der Waals surface area contributed by atoms with E-state index in [0.29, 0.717) is 10.7 Å². The molecule has 3 rings (SSSR count). The van der Waals surface area contributed by atoms with Gasteiger partial charge in [-0.1, -0.05) is 23.2 Å². The van der Waals surface area contributed by atoms with Crippen LogP contribution in [0.25, 0.3) is 0 Å². The molecule has 5 unspecified atom stereocenters. The number of fused-ring (bicyclic) bond motifs is 1. The molecule has 10 heteroatoms. The Morgan fingerprint density at radius 1 is 1.20 bits per heavy atom. The summed E-state index contributed by atoms with van der Waals surface area (Å²) in [4.78, 5) is 34.9. The van der Waals surface area contributed by atoms with Gasteiger partial charge in [-0.3, -0.25) is 9.59 Å². The zero-order valence-electron chi connectivity index (χ0n) is 12.7. The largest absolute Gasteiger partial charge is 0.481 e. The van der Waals surface area contributed by atoms with E-state index in [1.165, 1.54) is 12.1 Å². The maximum Gasteiger partial charge on any atom is 0.324 e. The standard InChI is InChI=1S/C15H15Cl2N3O5/c16-6-2-1-5(3-7(6)17)19-14(25)20-8-4-15(18,13(23)24)11-9(8)10(11)12(21)22/h1-3,8-11H,4,18H2,(H,21,22)(H,23,24)(H2,19,20,25). The average Bonchev–Trinajstić information content (AvgIpc) is 3.20. The molecule has 25 heavy (non-hydrogen) atoms. The Kier molecular flexibility index (Phi) is 4.30. The Bertz CT molecular complexity index is 774. The molecule has 0 aromatic heterocycles. The van der Waals surface area contributed by atoms with Crippen LogP contribution in [0.5, 0.6) is 0 Å². The van der Waals surface area contributed by atoms with E-state index in [1.807, 2.05) is 0 Å². The molecule has 0 aliphatic heterocycles. The summed E-state index contributed by atoms with van der Waals surface area (Å²) in [6.07, 6.45) is -0.0315. The summed E-state index contributed by atoms with van der Waals surface area (Å²) in [5.41, 5.74) is 4.64. The molecule has 5 atom stereocenters. The van der Waals surface area contributed by atoms with Gasteiger partial charge in [0.05, 0.1) is 16.0 Å². The lowest BCUT2D eigenvalue weighted by Crippen LogP contribution is -2.52. The van der Waals surface area contributed by atoms with Crippen LogP contribution in [-0.4, -0.2) is 39.8 Å². The fraction of sp³-hybridized carbons (Fsp3) is 0.400. The molecule has 2 aliphatic carbocycles. The van der Waals surface area contributed by atoms with Crippen LogP contribution in [0.1, 0.15) is 6.42 Å². The second kappa shape index (κ2) is 6.05. The molecule has 1 aromatic rings. The zero-order chi connectivity index (χ0) is 18.5. The van der Waals surface area contributed by atoms with Gasteiger partial charge < -0.3 is 26.6 Å². The predicted octanol–water partition coefficient (Wildman–Crippen LogP) is 1.62. The second-order valence-corrected chi connectivity index (χ2v) is 7.17. The molecule has 2 saturated carbocycles. The van der Waals surface area contributed by atoms with Gasteiger partial charge in [0.1, 0.15) is 5.54 Å². The molecule has 2 aliphatic rings. The number of carbonyl (C=O) groups excluding carboxylic acids is 1. The molecule has 6 N–H and O–H groups in total. The second-order valence-electron chi connectivity index (χ2n) is 6.35. The molecule has 0 radical (unpaired) electrons. The van der Waals surface area contributed by atoms with Gasteiger partial charge in [-0.2, -0.15) is 0 Å². The molecule has 0 heterocycles. The summed E-state index contributed by atoms with van der Waals surface area (Å²) in [6, 6.07) is 3.28. The van der Waals surface area contributed by atoms with Gasteiger partial charge in [-0.05, 0) is 30.5 Å². The first-order valence-electron chi connectivity index (χ1n) is 7.43. The number of carboxylic acids is 2. The number of hydrogen-bond donors (Lipinski definition) is 5. The molecule has 2 fully saturated rings. The summed E-state index contributed by atoms with van der Waals surface area (Å²) < 4.78 is 0. The van der Waals surface area contributed by atoms with Crippen LogP contribution >= 0.6 is 23.2 Å². The van der Waals surface area contributed by atoms with Crippen LogP contribution in [0, 0.1) is 17.8 Å². The third-order valence-corrected chi connectivity index (χ3v) is 5.61. The zero-order valence-corrected chi connectivity index (χ0v) is 14.2. The lowest BCUT2D eigenvalue weighted by atomic mass is 9.90. The van der Waals surface area contributed by atoms with Crippen molar-refractivity contribution in [1.82, 2.24) is 5.32 Å². The summed E-state index contributed by atoms with van der Waals surface area (Å²) in [7, 11) is 0. The Morgan fingerprint density at radius 3 is 2.44 bits per heavy atom. The van der Waals surface area contributed by atoms with Gasteiger partial charge in [0, 0.05) is 17.6 Å². The van der Waals surface area contributed by atoms with Crippen molar-refractivity contribution < 1.29 is 24.6 Å². The van der Waals surface area contributed by atoms with E-state index >= 15 is 0 Å². The lowest BCUT2D eigenvalue weighted by Gasteiger charge is -2.25. The molecule has 0 bridgehead atoms. The van der Waals surface area contributed by atoms with Gasteiger partial charge in [-0.15, -0.1) is 0 Å². The molecular formula is C15H15Cl2N3O5. The fourth-order valence-electron chi connectivity index (χ4n) is 3.74.